The molecule has 0 saturated heterocycles. The second kappa shape index (κ2) is 6.27. The normalized spacial score (nSPS) is 11.6. The molecule has 2 nitrogen and oxygen atoms in total. The minimum atomic E-state index is 0.166. The highest BCUT2D eigenvalue weighted by Crippen LogP contribution is 2.24. The Kier molecular flexibility index (Phi) is 5.29. The van der Waals surface area contributed by atoms with Crippen LogP contribution in [0.3, 0.4) is 0 Å². The van der Waals surface area contributed by atoms with Crippen molar-refractivity contribution in [2.45, 2.75) is 39.7 Å². The lowest BCUT2D eigenvalue weighted by Gasteiger charge is -2.24. The Morgan fingerprint density at radius 2 is 2.06 bits per heavy atom. The average molecular weight is 256 g/mol. The first kappa shape index (κ1) is 14.3. The van der Waals surface area contributed by atoms with E-state index in [9.17, 15) is 0 Å². The fraction of sp³-hybridized carbons (Fsp3) is 0.571. The SMILES string of the molecule is CCC(C)(C)NCCOc1cc(C)ccc1Cl. The molecule has 0 bridgehead atoms. The summed E-state index contributed by atoms with van der Waals surface area (Å²) in [7, 11) is 0. The molecule has 1 aromatic rings. The second-order valence-corrected chi connectivity index (χ2v) is 5.35. The van der Waals surface area contributed by atoms with Gasteiger partial charge in [0.2, 0.25) is 0 Å². The van der Waals surface area contributed by atoms with E-state index in [2.05, 4.69) is 26.1 Å². The molecular weight excluding hydrogens is 234 g/mol. The minimum absolute atomic E-state index is 0.166. The molecule has 96 valence electrons. The van der Waals surface area contributed by atoms with Gasteiger partial charge in [0.25, 0.3) is 0 Å². The van der Waals surface area contributed by atoms with Crippen molar-refractivity contribution in [1.82, 2.24) is 5.32 Å². The van der Waals surface area contributed by atoms with Crippen LogP contribution in [-0.4, -0.2) is 18.7 Å². The monoisotopic (exact) mass is 255 g/mol. The summed E-state index contributed by atoms with van der Waals surface area (Å²) in [6, 6.07) is 5.82. The summed E-state index contributed by atoms with van der Waals surface area (Å²) in [5.41, 5.74) is 1.32. The lowest BCUT2D eigenvalue weighted by molar-refractivity contribution is 0.281. The van der Waals surface area contributed by atoms with Crippen molar-refractivity contribution in [1.29, 1.82) is 0 Å². The van der Waals surface area contributed by atoms with Gasteiger partial charge in [-0.15, -0.1) is 0 Å². The zero-order valence-electron chi connectivity index (χ0n) is 11.1. The molecule has 17 heavy (non-hydrogen) atoms. The number of hydrogen-bond acceptors (Lipinski definition) is 2. The van der Waals surface area contributed by atoms with Gasteiger partial charge < -0.3 is 10.1 Å². The molecule has 0 amide bonds. The Morgan fingerprint density at radius 3 is 2.71 bits per heavy atom. The van der Waals surface area contributed by atoms with Crippen LogP contribution in [0.2, 0.25) is 5.02 Å². The van der Waals surface area contributed by atoms with Gasteiger partial charge in [0.1, 0.15) is 12.4 Å². The molecule has 0 unspecified atom stereocenters. The molecule has 0 aromatic heterocycles. The number of benzene rings is 1. The summed E-state index contributed by atoms with van der Waals surface area (Å²) in [6.07, 6.45) is 1.10. The molecule has 1 N–H and O–H groups in total. The number of aryl methyl sites for hydroxylation is 1. The van der Waals surface area contributed by atoms with Crippen LogP contribution < -0.4 is 10.1 Å². The van der Waals surface area contributed by atoms with E-state index in [-0.39, 0.29) is 5.54 Å². The maximum absolute atomic E-state index is 6.05. The van der Waals surface area contributed by atoms with E-state index < -0.39 is 0 Å². The zero-order chi connectivity index (χ0) is 12.9. The third kappa shape index (κ3) is 4.97. The van der Waals surface area contributed by atoms with Gasteiger partial charge >= 0.3 is 0 Å². The van der Waals surface area contributed by atoms with Crippen molar-refractivity contribution < 1.29 is 4.74 Å². The van der Waals surface area contributed by atoms with Crippen LogP contribution in [0.4, 0.5) is 0 Å². The van der Waals surface area contributed by atoms with Gasteiger partial charge in [0.15, 0.2) is 0 Å². The van der Waals surface area contributed by atoms with E-state index in [1.54, 1.807) is 0 Å². The van der Waals surface area contributed by atoms with Crippen molar-refractivity contribution in [2.24, 2.45) is 0 Å². The number of ether oxygens (including phenoxy) is 1. The van der Waals surface area contributed by atoms with Crippen LogP contribution >= 0.6 is 11.6 Å². The van der Waals surface area contributed by atoms with Crippen molar-refractivity contribution in [3.05, 3.63) is 28.8 Å². The molecule has 3 heteroatoms. The highest BCUT2D eigenvalue weighted by molar-refractivity contribution is 6.32. The molecule has 0 spiro atoms. The lowest BCUT2D eigenvalue weighted by Crippen LogP contribution is -2.40. The lowest BCUT2D eigenvalue weighted by atomic mass is 10.0. The summed E-state index contributed by atoms with van der Waals surface area (Å²) in [6.45, 7) is 10.0. The standard InChI is InChI=1S/C14H22ClNO/c1-5-14(3,4)16-8-9-17-13-10-11(2)6-7-12(13)15/h6-7,10,16H,5,8-9H2,1-4H3. The Morgan fingerprint density at radius 1 is 1.35 bits per heavy atom. The van der Waals surface area contributed by atoms with Crippen LogP contribution in [0.5, 0.6) is 5.75 Å². The van der Waals surface area contributed by atoms with Gasteiger partial charge in [-0.1, -0.05) is 24.6 Å². The maximum atomic E-state index is 6.05. The van der Waals surface area contributed by atoms with E-state index >= 15 is 0 Å². The van der Waals surface area contributed by atoms with Gasteiger partial charge in [0.05, 0.1) is 5.02 Å². The largest absolute Gasteiger partial charge is 0.491 e. The summed E-state index contributed by atoms with van der Waals surface area (Å²) in [5, 5.41) is 4.12. The molecular formula is C14H22ClNO. The summed E-state index contributed by atoms with van der Waals surface area (Å²) in [4.78, 5) is 0. The van der Waals surface area contributed by atoms with E-state index in [4.69, 9.17) is 16.3 Å². The molecule has 0 fully saturated rings. The quantitative estimate of drug-likeness (QED) is 0.781. The fourth-order valence-corrected chi connectivity index (χ4v) is 1.57. The molecule has 0 heterocycles. The van der Waals surface area contributed by atoms with Crippen LogP contribution in [0.1, 0.15) is 32.8 Å². The molecule has 0 aliphatic carbocycles. The van der Waals surface area contributed by atoms with E-state index in [1.165, 1.54) is 0 Å². The Labute approximate surface area is 109 Å². The predicted octanol–water partition coefficient (Wildman–Crippen LogP) is 3.81. The van der Waals surface area contributed by atoms with Gasteiger partial charge in [-0.05, 0) is 44.9 Å². The van der Waals surface area contributed by atoms with Crippen molar-refractivity contribution in [2.75, 3.05) is 13.2 Å². The Bertz CT molecular complexity index is 363. The highest BCUT2D eigenvalue weighted by Gasteiger charge is 2.12. The molecule has 0 atom stereocenters. The molecule has 1 rings (SSSR count). The summed E-state index contributed by atoms with van der Waals surface area (Å²) in [5.74, 6) is 0.766. The van der Waals surface area contributed by atoms with Crippen LogP contribution in [0, 0.1) is 6.92 Å². The van der Waals surface area contributed by atoms with Crippen LogP contribution in [-0.2, 0) is 0 Å². The Hall–Kier alpha value is -0.730. The number of rotatable bonds is 6. The smallest absolute Gasteiger partial charge is 0.138 e. The van der Waals surface area contributed by atoms with E-state index in [1.807, 2.05) is 25.1 Å². The fourth-order valence-electron chi connectivity index (χ4n) is 1.40. The van der Waals surface area contributed by atoms with Gasteiger partial charge in [-0.25, -0.2) is 0 Å². The first-order chi connectivity index (χ1) is 7.94. The Balaban J connectivity index is 2.38. The second-order valence-electron chi connectivity index (χ2n) is 4.95. The van der Waals surface area contributed by atoms with E-state index in [0.29, 0.717) is 11.6 Å². The molecule has 0 saturated carbocycles. The topological polar surface area (TPSA) is 21.3 Å². The number of halogens is 1. The molecule has 0 aliphatic rings. The molecule has 0 aliphatic heterocycles. The first-order valence-corrected chi connectivity index (χ1v) is 6.46. The van der Waals surface area contributed by atoms with E-state index in [0.717, 1.165) is 24.3 Å². The zero-order valence-corrected chi connectivity index (χ0v) is 11.9. The third-order valence-electron chi connectivity index (χ3n) is 2.93. The van der Waals surface area contributed by atoms with Crippen molar-refractivity contribution in [3.8, 4) is 5.75 Å². The average Bonchev–Trinajstić information content (AvgIpc) is 2.29. The molecule has 1 aromatic carbocycles. The molecule has 0 radical (unpaired) electrons. The number of hydrogen-bond donors (Lipinski definition) is 1. The minimum Gasteiger partial charge on any atom is -0.491 e. The van der Waals surface area contributed by atoms with Crippen molar-refractivity contribution in [3.63, 3.8) is 0 Å². The highest BCUT2D eigenvalue weighted by atomic mass is 35.5. The van der Waals surface area contributed by atoms with Crippen LogP contribution in [0.15, 0.2) is 18.2 Å². The summed E-state index contributed by atoms with van der Waals surface area (Å²) >= 11 is 6.05. The van der Waals surface area contributed by atoms with Crippen LogP contribution in [0.25, 0.3) is 0 Å². The van der Waals surface area contributed by atoms with Gasteiger partial charge in [-0.3, -0.25) is 0 Å². The van der Waals surface area contributed by atoms with Gasteiger partial charge in [-0.2, -0.15) is 0 Å². The third-order valence-corrected chi connectivity index (χ3v) is 3.25. The number of nitrogens with one attached hydrogen (secondary N) is 1. The maximum Gasteiger partial charge on any atom is 0.138 e. The summed E-state index contributed by atoms with van der Waals surface area (Å²) < 4.78 is 5.66. The van der Waals surface area contributed by atoms with Gasteiger partial charge in [0, 0.05) is 12.1 Å². The predicted molar refractivity (Wildman–Crippen MR) is 74.1 cm³/mol. The van der Waals surface area contributed by atoms with Crippen molar-refractivity contribution >= 4 is 11.6 Å². The first-order valence-electron chi connectivity index (χ1n) is 6.08.